The highest BCUT2D eigenvalue weighted by Crippen LogP contribution is 2.49. The Morgan fingerprint density at radius 3 is 1.80 bits per heavy atom. The summed E-state index contributed by atoms with van der Waals surface area (Å²) in [6.07, 6.45) is 0. The molecule has 12 aromatic rings. The molecule has 12 rings (SSSR count). The van der Waals surface area contributed by atoms with E-state index in [1.54, 1.807) is 0 Å². The van der Waals surface area contributed by atoms with E-state index in [4.69, 9.17) is 9.97 Å². The average molecular weight is 583 g/mol. The van der Waals surface area contributed by atoms with Crippen LogP contribution in [0, 0.1) is 0 Å². The molecule has 0 bridgehead atoms. The van der Waals surface area contributed by atoms with Gasteiger partial charge in [-0.15, -0.1) is 0 Å². The lowest BCUT2D eigenvalue weighted by molar-refractivity contribution is 1.02. The number of nitrogens with zero attached hydrogens (tertiary/aromatic N) is 4. The summed E-state index contributed by atoms with van der Waals surface area (Å²) in [4.78, 5) is 10.8. The normalized spacial score (nSPS) is 12.8. The van der Waals surface area contributed by atoms with Crippen molar-refractivity contribution in [3.63, 3.8) is 0 Å². The van der Waals surface area contributed by atoms with Gasteiger partial charge in [0.1, 0.15) is 0 Å². The van der Waals surface area contributed by atoms with Crippen LogP contribution in [0.15, 0.2) is 133 Å². The van der Waals surface area contributed by atoms with Crippen LogP contribution < -0.4 is 0 Å². The van der Waals surface area contributed by atoms with Crippen molar-refractivity contribution in [3.05, 3.63) is 133 Å². The van der Waals surface area contributed by atoms with E-state index in [9.17, 15) is 0 Å². The molecule has 0 radical (unpaired) electrons. The summed E-state index contributed by atoms with van der Waals surface area (Å²) in [7, 11) is 0. The second kappa shape index (κ2) is 7.87. The van der Waals surface area contributed by atoms with E-state index in [0.717, 1.165) is 38.6 Å². The molecule has 210 valence electrons. The summed E-state index contributed by atoms with van der Waals surface area (Å²) < 4.78 is 4.85. The van der Waals surface area contributed by atoms with Crippen LogP contribution in [0.2, 0.25) is 0 Å². The maximum atomic E-state index is 5.42. The van der Waals surface area contributed by atoms with Crippen molar-refractivity contribution >= 4 is 92.3 Å². The molecule has 7 aromatic carbocycles. The number of hydrogen-bond donors (Lipinski definition) is 0. The van der Waals surface area contributed by atoms with Crippen molar-refractivity contribution in [3.8, 4) is 17.2 Å². The minimum atomic E-state index is 0.687. The third-order valence-corrected chi connectivity index (χ3v) is 10.4. The van der Waals surface area contributed by atoms with E-state index < -0.39 is 0 Å². The van der Waals surface area contributed by atoms with Crippen LogP contribution in [-0.4, -0.2) is 18.9 Å². The molecule has 0 aliphatic carbocycles. The van der Waals surface area contributed by atoms with Crippen molar-refractivity contribution < 1.29 is 0 Å². The van der Waals surface area contributed by atoms with Gasteiger partial charge in [-0.25, -0.2) is 9.97 Å². The summed E-state index contributed by atoms with van der Waals surface area (Å²) in [6.45, 7) is 0. The van der Waals surface area contributed by atoms with Crippen molar-refractivity contribution in [1.82, 2.24) is 18.9 Å². The molecule has 0 aliphatic heterocycles. The van der Waals surface area contributed by atoms with Crippen LogP contribution in [0.1, 0.15) is 0 Å². The third kappa shape index (κ3) is 2.57. The number of hydrogen-bond acceptors (Lipinski definition) is 2. The number of aromatic nitrogens is 4. The van der Waals surface area contributed by atoms with E-state index >= 15 is 0 Å². The maximum absolute atomic E-state index is 5.42. The van der Waals surface area contributed by atoms with Crippen molar-refractivity contribution in [2.45, 2.75) is 0 Å². The molecule has 5 heterocycles. The van der Waals surface area contributed by atoms with E-state index in [2.05, 4.69) is 142 Å². The Balaban J connectivity index is 1.34. The average Bonchev–Trinajstić information content (AvgIpc) is 3.73. The Hall–Kier alpha value is -6.26. The van der Waals surface area contributed by atoms with Gasteiger partial charge in [-0.05, 0) is 29.0 Å². The Kier molecular flexibility index (Phi) is 3.96. The van der Waals surface area contributed by atoms with Gasteiger partial charge in [-0.2, -0.15) is 0 Å². The first-order valence-electron chi connectivity index (χ1n) is 15.8. The SMILES string of the molecule is c1ccc(-c2nc(-n3c4cccc5c6cccc7c8cccc9c%10ccc3c(c54)c%10n(c67)c89)nc3c2ccc2ccccc23)cc1. The summed E-state index contributed by atoms with van der Waals surface area (Å²) in [5.74, 6) is 0.687. The van der Waals surface area contributed by atoms with Gasteiger partial charge in [0.15, 0.2) is 0 Å². The Labute approximate surface area is 261 Å². The van der Waals surface area contributed by atoms with Gasteiger partial charge in [0.25, 0.3) is 0 Å². The Morgan fingerprint density at radius 1 is 0.391 bits per heavy atom. The fourth-order valence-electron chi connectivity index (χ4n) is 8.56. The lowest BCUT2D eigenvalue weighted by atomic mass is 10.0. The molecule has 0 atom stereocenters. The summed E-state index contributed by atoms with van der Waals surface area (Å²) >= 11 is 0. The molecule has 4 nitrogen and oxygen atoms in total. The van der Waals surface area contributed by atoms with E-state index in [-0.39, 0.29) is 0 Å². The molecule has 0 saturated heterocycles. The lowest BCUT2D eigenvalue weighted by Gasteiger charge is -2.13. The monoisotopic (exact) mass is 582 g/mol. The van der Waals surface area contributed by atoms with Crippen molar-refractivity contribution in [2.24, 2.45) is 0 Å². The number of para-hydroxylation sites is 2. The van der Waals surface area contributed by atoms with Crippen LogP contribution >= 0.6 is 0 Å². The zero-order valence-corrected chi connectivity index (χ0v) is 24.5. The van der Waals surface area contributed by atoms with Crippen LogP contribution in [-0.2, 0) is 0 Å². The van der Waals surface area contributed by atoms with Gasteiger partial charge in [0.05, 0.1) is 38.8 Å². The quantitative estimate of drug-likeness (QED) is 0.190. The zero-order chi connectivity index (χ0) is 29.7. The number of benzene rings is 7. The highest BCUT2D eigenvalue weighted by Gasteiger charge is 2.27. The molecule has 4 heteroatoms. The summed E-state index contributed by atoms with van der Waals surface area (Å²) in [5, 5.41) is 13.6. The lowest BCUT2D eigenvalue weighted by Crippen LogP contribution is -2.04. The van der Waals surface area contributed by atoms with Crippen LogP contribution in [0.4, 0.5) is 0 Å². The molecular weight excluding hydrogens is 560 g/mol. The fraction of sp³-hybridized carbons (Fsp3) is 0. The highest BCUT2D eigenvalue weighted by molar-refractivity contribution is 6.37. The first kappa shape index (κ1) is 23.2. The molecular formula is C42H22N4. The molecule has 5 aromatic heterocycles. The first-order valence-corrected chi connectivity index (χ1v) is 15.8. The second-order valence-corrected chi connectivity index (χ2v) is 12.6. The van der Waals surface area contributed by atoms with Gasteiger partial charge in [0.2, 0.25) is 5.95 Å². The van der Waals surface area contributed by atoms with E-state index in [1.165, 1.54) is 65.0 Å². The largest absolute Gasteiger partial charge is 0.307 e. The van der Waals surface area contributed by atoms with Crippen molar-refractivity contribution in [1.29, 1.82) is 0 Å². The molecule has 0 saturated carbocycles. The summed E-state index contributed by atoms with van der Waals surface area (Å²) in [5.41, 5.74) is 9.10. The molecule has 0 aliphatic rings. The minimum Gasteiger partial charge on any atom is -0.307 e. The van der Waals surface area contributed by atoms with Gasteiger partial charge < -0.3 is 4.40 Å². The van der Waals surface area contributed by atoms with Crippen molar-refractivity contribution in [2.75, 3.05) is 0 Å². The van der Waals surface area contributed by atoms with Gasteiger partial charge in [-0.3, -0.25) is 4.57 Å². The zero-order valence-electron chi connectivity index (χ0n) is 24.5. The molecule has 0 fully saturated rings. The van der Waals surface area contributed by atoms with Gasteiger partial charge in [0, 0.05) is 54.0 Å². The van der Waals surface area contributed by atoms with E-state index in [1.807, 2.05) is 0 Å². The molecule has 46 heavy (non-hydrogen) atoms. The third-order valence-electron chi connectivity index (χ3n) is 10.4. The standard InChI is InChI=1S/C42H22N4/c1-2-10-24(11-3-1)37-32-20-19-23-9-4-5-12-25(23)38(32)44-42(43-37)45-33-18-8-13-26-27-14-6-15-28-29-16-7-17-30-31-21-22-34(45)36(35(26)33)41(31)46(39(27)28)40(29)30/h1-22H. The Bertz CT molecular complexity index is 3180. The smallest absolute Gasteiger partial charge is 0.235 e. The van der Waals surface area contributed by atoms with E-state index in [0.29, 0.717) is 5.95 Å². The fourth-order valence-corrected chi connectivity index (χ4v) is 8.56. The first-order chi connectivity index (χ1) is 22.8. The second-order valence-electron chi connectivity index (χ2n) is 12.6. The molecule has 0 spiro atoms. The summed E-state index contributed by atoms with van der Waals surface area (Å²) in [6, 6.07) is 48.3. The van der Waals surface area contributed by atoms with Crippen LogP contribution in [0.5, 0.6) is 0 Å². The topological polar surface area (TPSA) is 35.1 Å². The van der Waals surface area contributed by atoms with Gasteiger partial charge >= 0.3 is 0 Å². The predicted octanol–water partition coefficient (Wildman–Crippen LogP) is 10.7. The molecule has 0 unspecified atom stereocenters. The minimum absolute atomic E-state index is 0.687. The number of rotatable bonds is 2. The Morgan fingerprint density at radius 2 is 1.00 bits per heavy atom. The predicted molar refractivity (Wildman–Crippen MR) is 191 cm³/mol. The highest BCUT2D eigenvalue weighted by atomic mass is 15.2. The molecule has 0 amide bonds. The number of fused-ring (bicyclic) bond motifs is 6. The van der Waals surface area contributed by atoms with Gasteiger partial charge in [-0.1, -0.05) is 115 Å². The van der Waals surface area contributed by atoms with Crippen LogP contribution in [0.3, 0.4) is 0 Å². The molecule has 0 N–H and O–H groups in total. The maximum Gasteiger partial charge on any atom is 0.235 e. The van der Waals surface area contributed by atoms with Crippen LogP contribution in [0.25, 0.3) is 110 Å².